The van der Waals surface area contributed by atoms with Gasteiger partial charge in [0.2, 0.25) is 5.88 Å². The number of anilines is 1. The third-order valence-corrected chi connectivity index (χ3v) is 5.29. The molecule has 1 aliphatic rings. The van der Waals surface area contributed by atoms with Crippen LogP contribution < -0.4 is 20.7 Å². The minimum Gasteiger partial charge on any atom is -0.481 e. The van der Waals surface area contributed by atoms with Gasteiger partial charge in [-0.1, -0.05) is 0 Å². The van der Waals surface area contributed by atoms with Crippen LogP contribution >= 0.6 is 0 Å². The van der Waals surface area contributed by atoms with E-state index in [0.29, 0.717) is 36.3 Å². The molecule has 32 heavy (non-hydrogen) atoms. The molecule has 1 amide bonds. The summed E-state index contributed by atoms with van der Waals surface area (Å²) in [5.74, 6) is -0.683. The summed E-state index contributed by atoms with van der Waals surface area (Å²) < 4.78 is 44.3. The van der Waals surface area contributed by atoms with Crippen LogP contribution in [0.3, 0.4) is 0 Å². The van der Waals surface area contributed by atoms with Gasteiger partial charge in [-0.2, -0.15) is 18.4 Å². The van der Waals surface area contributed by atoms with Crippen LogP contribution in [0.5, 0.6) is 5.88 Å². The molecule has 8 nitrogen and oxygen atoms in total. The average Bonchev–Trinajstić information content (AvgIpc) is 3.11. The van der Waals surface area contributed by atoms with Gasteiger partial charge in [0.1, 0.15) is 17.8 Å². The monoisotopic (exact) mass is 448 g/mol. The molecule has 3 rings (SSSR count). The van der Waals surface area contributed by atoms with E-state index in [0.717, 1.165) is 13.1 Å². The van der Waals surface area contributed by atoms with Crippen molar-refractivity contribution in [1.82, 2.24) is 15.3 Å². The highest BCUT2D eigenvalue weighted by atomic mass is 19.4. The molecule has 3 heterocycles. The zero-order valence-corrected chi connectivity index (χ0v) is 17.8. The van der Waals surface area contributed by atoms with E-state index in [-0.39, 0.29) is 17.1 Å². The number of alkyl halides is 3. The van der Waals surface area contributed by atoms with E-state index < -0.39 is 23.7 Å². The Bertz CT molecular complexity index is 1060. The van der Waals surface area contributed by atoms with Gasteiger partial charge in [-0.15, -0.1) is 0 Å². The number of aromatic nitrogens is 2. The molecule has 0 aromatic carbocycles. The Hall–Kier alpha value is -3.39. The molecule has 1 fully saturated rings. The minimum atomic E-state index is -4.61. The van der Waals surface area contributed by atoms with Crippen molar-refractivity contribution in [3.8, 4) is 23.1 Å². The Labute approximate surface area is 183 Å². The Morgan fingerprint density at radius 1 is 1.44 bits per heavy atom. The van der Waals surface area contributed by atoms with Crippen LogP contribution in [-0.2, 0) is 0 Å². The van der Waals surface area contributed by atoms with Crippen molar-refractivity contribution in [2.24, 2.45) is 5.73 Å². The summed E-state index contributed by atoms with van der Waals surface area (Å²) in [5, 5.41) is 11.7. The Balaban J connectivity index is 2.22. The molecular formula is C21H23F3N6O2. The SMILES string of the molecule is COc1cc(-c2c(C#N)ncc(C(=O)N[C@@H](C)C(F)(F)F)c2N2CC[C@](C)(N)C2)ccn1. The molecule has 2 aromatic heterocycles. The van der Waals surface area contributed by atoms with Crippen LogP contribution in [-0.4, -0.2) is 53.8 Å². The zero-order valence-electron chi connectivity index (χ0n) is 17.8. The lowest BCUT2D eigenvalue weighted by Gasteiger charge is -2.27. The first-order valence-corrected chi connectivity index (χ1v) is 9.82. The van der Waals surface area contributed by atoms with E-state index >= 15 is 0 Å². The van der Waals surface area contributed by atoms with E-state index in [9.17, 15) is 23.2 Å². The molecule has 3 N–H and O–H groups in total. The van der Waals surface area contributed by atoms with Crippen LogP contribution in [0.4, 0.5) is 18.9 Å². The number of hydrogen-bond acceptors (Lipinski definition) is 7. The summed E-state index contributed by atoms with van der Waals surface area (Å²) in [6.07, 6.45) is -1.42. The van der Waals surface area contributed by atoms with E-state index in [1.807, 2.05) is 18.3 Å². The molecule has 0 spiro atoms. The molecule has 2 atom stereocenters. The number of pyridine rings is 2. The number of halogens is 3. The molecule has 2 aromatic rings. The fraction of sp³-hybridized carbons (Fsp3) is 0.429. The van der Waals surface area contributed by atoms with Crippen molar-refractivity contribution in [2.75, 3.05) is 25.1 Å². The highest BCUT2D eigenvalue weighted by molar-refractivity contribution is 6.04. The number of carbonyl (C=O) groups excluding carboxylic acids is 1. The number of nitriles is 1. The molecule has 11 heteroatoms. The number of methoxy groups -OCH3 is 1. The van der Waals surface area contributed by atoms with Crippen molar-refractivity contribution < 1.29 is 22.7 Å². The second kappa shape index (κ2) is 8.63. The minimum absolute atomic E-state index is 0.0132. The van der Waals surface area contributed by atoms with E-state index in [2.05, 4.69) is 9.97 Å². The normalized spacial score (nSPS) is 19.4. The lowest BCUT2D eigenvalue weighted by Crippen LogP contribution is -2.44. The maximum atomic E-state index is 13.1. The topological polar surface area (TPSA) is 117 Å². The molecule has 0 aliphatic carbocycles. The third kappa shape index (κ3) is 4.75. The van der Waals surface area contributed by atoms with E-state index in [1.165, 1.54) is 13.3 Å². The number of rotatable bonds is 5. The summed E-state index contributed by atoms with van der Waals surface area (Å²) >= 11 is 0. The molecule has 1 aliphatic heterocycles. The lowest BCUT2D eigenvalue weighted by atomic mass is 9.98. The van der Waals surface area contributed by atoms with Gasteiger partial charge in [0.05, 0.1) is 18.4 Å². The third-order valence-electron chi connectivity index (χ3n) is 5.29. The van der Waals surface area contributed by atoms with Gasteiger partial charge < -0.3 is 20.7 Å². The number of amides is 1. The highest BCUT2D eigenvalue weighted by Gasteiger charge is 2.39. The summed E-state index contributed by atoms with van der Waals surface area (Å²) in [5.41, 5.74) is 6.72. The van der Waals surface area contributed by atoms with Gasteiger partial charge in [-0.05, 0) is 31.9 Å². The first-order chi connectivity index (χ1) is 15.0. The fourth-order valence-corrected chi connectivity index (χ4v) is 3.56. The van der Waals surface area contributed by atoms with Crippen LogP contribution in [0, 0.1) is 11.3 Å². The predicted molar refractivity (Wildman–Crippen MR) is 111 cm³/mol. The number of nitrogens with zero attached hydrogens (tertiary/aromatic N) is 4. The van der Waals surface area contributed by atoms with Crippen molar-refractivity contribution >= 4 is 11.6 Å². The van der Waals surface area contributed by atoms with Gasteiger partial charge in [-0.25, -0.2) is 9.97 Å². The number of nitrogens with one attached hydrogen (secondary N) is 1. The molecule has 0 saturated carbocycles. The number of hydrogen-bond donors (Lipinski definition) is 2. The summed E-state index contributed by atoms with van der Waals surface area (Å²) in [4.78, 5) is 22.8. The summed E-state index contributed by atoms with van der Waals surface area (Å²) in [7, 11) is 1.43. The van der Waals surface area contributed by atoms with Crippen LogP contribution in [0.15, 0.2) is 24.5 Å². The smallest absolute Gasteiger partial charge is 0.408 e. The zero-order chi connectivity index (χ0) is 23.7. The first-order valence-electron chi connectivity index (χ1n) is 9.82. The fourth-order valence-electron chi connectivity index (χ4n) is 3.56. The van der Waals surface area contributed by atoms with Crippen LogP contribution in [0.2, 0.25) is 0 Å². The van der Waals surface area contributed by atoms with Crippen molar-refractivity contribution in [3.05, 3.63) is 35.8 Å². The van der Waals surface area contributed by atoms with Crippen molar-refractivity contribution in [1.29, 1.82) is 5.26 Å². The highest BCUT2D eigenvalue weighted by Crippen LogP contribution is 2.39. The Kier molecular flexibility index (Phi) is 6.27. The molecule has 1 saturated heterocycles. The van der Waals surface area contributed by atoms with Gasteiger partial charge in [-0.3, -0.25) is 4.79 Å². The largest absolute Gasteiger partial charge is 0.481 e. The van der Waals surface area contributed by atoms with E-state index in [4.69, 9.17) is 10.5 Å². The molecule has 0 bridgehead atoms. The Morgan fingerprint density at radius 2 is 2.16 bits per heavy atom. The quantitative estimate of drug-likeness (QED) is 0.722. The maximum absolute atomic E-state index is 13.1. The van der Waals surface area contributed by atoms with Crippen LogP contribution in [0.25, 0.3) is 11.1 Å². The second-order valence-corrected chi connectivity index (χ2v) is 8.01. The average molecular weight is 448 g/mol. The van der Waals surface area contributed by atoms with Crippen molar-refractivity contribution in [2.45, 2.75) is 38.0 Å². The van der Waals surface area contributed by atoms with E-state index in [1.54, 1.807) is 17.0 Å². The molecule has 0 radical (unpaired) electrons. The van der Waals surface area contributed by atoms with Gasteiger partial charge in [0.25, 0.3) is 5.91 Å². The number of nitrogens with two attached hydrogens (primary N) is 1. The summed E-state index contributed by atoms with van der Waals surface area (Å²) in [6.45, 7) is 3.49. The first kappa shape index (κ1) is 23.3. The number of carbonyl (C=O) groups is 1. The van der Waals surface area contributed by atoms with Gasteiger partial charge in [0, 0.05) is 42.7 Å². The van der Waals surface area contributed by atoms with Gasteiger partial charge in [0.15, 0.2) is 0 Å². The molecule has 170 valence electrons. The molecular weight excluding hydrogens is 425 g/mol. The molecule has 0 unspecified atom stereocenters. The second-order valence-electron chi connectivity index (χ2n) is 8.01. The van der Waals surface area contributed by atoms with Crippen LogP contribution in [0.1, 0.15) is 36.3 Å². The summed E-state index contributed by atoms with van der Waals surface area (Å²) in [6, 6.07) is 3.12. The Morgan fingerprint density at radius 3 is 2.72 bits per heavy atom. The lowest BCUT2D eigenvalue weighted by molar-refractivity contribution is -0.149. The maximum Gasteiger partial charge on any atom is 0.408 e. The standard InChI is InChI=1S/C21H23F3N6O2/c1-12(21(22,23)24)29-19(31)14-10-28-15(9-25)17(13-4-6-27-16(8-13)32-3)18(14)30-7-5-20(2,26)11-30/h4,6,8,10,12H,5,7,11,26H2,1-3H3,(H,29,31)/t12-,20-/m0/s1. The van der Waals surface area contributed by atoms with Gasteiger partial charge >= 0.3 is 6.18 Å². The number of ether oxygens (including phenoxy) is 1. The van der Waals surface area contributed by atoms with Crippen molar-refractivity contribution in [3.63, 3.8) is 0 Å². The predicted octanol–water partition coefficient (Wildman–Crippen LogP) is 2.63.